The molecule has 1 amide bonds. The lowest BCUT2D eigenvalue weighted by Crippen LogP contribution is -2.21. The van der Waals surface area contributed by atoms with E-state index in [1.165, 1.54) is 0 Å². The highest BCUT2D eigenvalue weighted by Crippen LogP contribution is 2.33. The quantitative estimate of drug-likeness (QED) is 0.657. The lowest BCUT2D eigenvalue weighted by atomic mass is 9.92. The van der Waals surface area contributed by atoms with Gasteiger partial charge in [0, 0.05) is 12.5 Å². The zero-order valence-electron chi connectivity index (χ0n) is 9.76. The van der Waals surface area contributed by atoms with Crippen LogP contribution in [0.5, 0.6) is 5.75 Å². The number of anilines is 2. The summed E-state index contributed by atoms with van der Waals surface area (Å²) in [6.07, 6.45) is 0.470. The molecule has 0 aliphatic carbocycles. The Morgan fingerprint density at radius 1 is 1.44 bits per heavy atom. The molecule has 2 rings (SSSR count). The van der Waals surface area contributed by atoms with Crippen molar-refractivity contribution in [2.45, 2.75) is 19.4 Å². The molecule has 2 N–H and O–H groups in total. The molecule has 0 saturated heterocycles. The Morgan fingerprint density at radius 3 is 2.88 bits per heavy atom. The lowest BCUT2D eigenvalue weighted by molar-refractivity contribution is -0.116. The third kappa shape index (κ3) is 1.85. The van der Waals surface area contributed by atoms with Crippen LogP contribution in [-0.4, -0.2) is 26.9 Å². The van der Waals surface area contributed by atoms with Gasteiger partial charge >= 0.3 is 0 Å². The lowest BCUT2D eigenvalue weighted by Gasteiger charge is -2.16. The van der Waals surface area contributed by atoms with Crippen molar-refractivity contribution in [2.24, 2.45) is 0 Å². The van der Waals surface area contributed by atoms with Gasteiger partial charge in [0.25, 0.3) is 0 Å². The van der Waals surface area contributed by atoms with E-state index in [-0.39, 0.29) is 11.9 Å². The van der Waals surface area contributed by atoms with Gasteiger partial charge in [-0.15, -0.1) is 0 Å². The highest BCUT2D eigenvalue weighted by atomic mass is 16.5. The van der Waals surface area contributed by atoms with Gasteiger partial charge in [-0.3, -0.25) is 4.79 Å². The van der Waals surface area contributed by atoms with Gasteiger partial charge in [0.1, 0.15) is 19.3 Å². The van der Waals surface area contributed by atoms with Crippen LogP contribution >= 0.6 is 0 Å². The van der Waals surface area contributed by atoms with Gasteiger partial charge < -0.3 is 15.4 Å². The van der Waals surface area contributed by atoms with Crippen LogP contribution < -0.4 is 20.8 Å². The molecule has 4 nitrogen and oxygen atoms in total. The van der Waals surface area contributed by atoms with Gasteiger partial charge in [-0.2, -0.15) is 0 Å². The largest absolute Gasteiger partial charge is 0.494 e. The van der Waals surface area contributed by atoms with Crippen LogP contribution in [0.2, 0.25) is 0 Å². The highest BCUT2D eigenvalue weighted by Gasteiger charge is 2.21. The molecule has 0 bridgehead atoms. The van der Waals surface area contributed by atoms with Crippen molar-refractivity contribution in [3.05, 3.63) is 12.1 Å². The van der Waals surface area contributed by atoms with E-state index in [0.717, 1.165) is 16.8 Å². The molecule has 0 aromatic heterocycles. The predicted octanol–water partition coefficient (Wildman–Crippen LogP) is 0.0962. The highest BCUT2D eigenvalue weighted by molar-refractivity contribution is 6.37. The summed E-state index contributed by atoms with van der Waals surface area (Å²) < 4.78 is 5.25. The summed E-state index contributed by atoms with van der Waals surface area (Å²) in [7, 11) is 3.61. The summed E-state index contributed by atoms with van der Waals surface area (Å²) >= 11 is 0. The van der Waals surface area contributed by atoms with E-state index in [4.69, 9.17) is 4.74 Å². The second-order valence-electron chi connectivity index (χ2n) is 4.13. The molecule has 1 aliphatic rings. The fourth-order valence-electron chi connectivity index (χ4n) is 1.93. The first-order valence-corrected chi connectivity index (χ1v) is 5.36. The molecule has 5 heteroatoms. The number of carbonyl (C=O) groups is 1. The average molecular weight is 218 g/mol. The Morgan fingerprint density at radius 2 is 2.19 bits per heavy atom. The standard InChI is InChI=1S/C11H15BN2O2/c1-6-5-9(15)14-11-8(16-2)4-3-7(12)10(11)13-6/h3-4,6,13H,5,12H2,1-2H3,(H,14,15)/t6-/m1/s1. The minimum atomic E-state index is 0.0163. The third-order valence-corrected chi connectivity index (χ3v) is 2.74. The van der Waals surface area contributed by atoms with E-state index < -0.39 is 0 Å². The normalized spacial score (nSPS) is 19.1. The Bertz CT molecular complexity index is 434. The van der Waals surface area contributed by atoms with E-state index in [1.54, 1.807) is 7.11 Å². The van der Waals surface area contributed by atoms with E-state index >= 15 is 0 Å². The smallest absolute Gasteiger partial charge is 0.226 e. The SMILES string of the molecule is Bc1ccc(OC)c2c1N[C@H](C)CC(=O)N2. The molecular formula is C11H15BN2O2. The third-order valence-electron chi connectivity index (χ3n) is 2.74. The van der Waals surface area contributed by atoms with E-state index in [1.807, 2.05) is 26.9 Å². The van der Waals surface area contributed by atoms with Crippen LogP contribution in [-0.2, 0) is 4.79 Å². The Labute approximate surface area is 95.8 Å². The van der Waals surface area contributed by atoms with Gasteiger partial charge in [-0.25, -0.2) is 0 Å². The van der Waals surface area contributed by atoms with Crippen LogP contribution in [0.4, 0.5) is 11.4 Å². The maximum atomic E-state index is 11.6. The molecule has 1 aromatic rings. The molecule has 1 atom stereocenters. The molecule has 0 radical (unpaired) electrons. The summed E-state index contributed by atoms with van der Waals surface area (Å²) in [5.41, 5.74) is 2.81. The van der Waals surface area contributed by atoms with Crippen molar-refractivity contribution in [2.75, 3.05) is 17.7 Å². The van der Waals surface area contributed by atoms with Crippen molar-refractivity contribution in [1.82, 2.24) is 0 Å². The number of amides is 1. The average Bonchev–Trinajstić information content (AvgIpc) is 2.37. The van der Waals surface area contributed by atoms with Crippen LogP contribution in [0.25, 0.3) is 0 Å². The predicted molar refractivity (Wildman–Crippen MR) is 67.5 cm³/mol. The summed E-state index contributed by atoms with van der Waals surface area (Å²) in [5.74, 6) is 0.707. The summed E-state index contributed by atoms with van der Waals surface area (Å²) in [6, 6.07) is 3.98. The summed E-state index contributed by atoms with van der Waals surface area (Å²) in [5, 5.41) is 6.22. The van der Waals surface area contributed by atoms with Crippen molar-refractivity contribution >= 4 is 30.6 Å². The first kappa shape index (κ1) is 10.9. The number of carbonyl (C=O) groups excluding carboxylic acids is 1. The van der Waals surface area contributed by atoms with Crippen molar-refractivity contribution < 1.29 is 9.53 Å². The van der Waals surface area contributed by atoms with Crippen LogP contribution in [0.3, 0.4) is 0 Å². The molecule has 1 aliphatic heterocycles. The van der Waals surface area contributed by atoms with Gasteiger partial charge in [0.05, 0.1) is 12.8 Å². The van der Waals surface area contributed by atoms with Crippen LogP contribution in [0, 0.1) is 0 Å². The minimum Gasteiger partial charge on any atom is -0.494 e. The first-order chi connectivity index (χ1) is 7.61. The second kappa shape index (κ2) is 4.08. The molecule has 1 aromatic carbocycles. The Balaban J connectivity index is 2.54. The zero-order chi connectivity index (χ0) is 11.7. The van der Waals surface area contributed by atoms with Gasteiger partial charge in [0.2, 0.25) is 5.91 Å². The minimum absolute atomic E-state index is 0.0163. The second-order valence-corrected chi connectivity index (χ2v) is 4.13. The maximum absolute atomic E-state index is 11.6. The fourth-order valence-corrected chi connectivity index (χ4v) is 1.93. The van der Waals surface area contributed by atoms with Crippen LogP contribution in [0.15, 0.2) is 12.1 Å². The maximum Gasteiger partial charge on any atom is 0.226 e. The van der Waals surface area contributed by atoms with Crippen LogP contribution in [0.1, 0.15) is 13.3 Å². The number of methoxy groups -OCH3 is 1. The Kier molecular flexibility index (Phi) is 2.77. The number of rotatable bonds is 1. The molecule has 0 saturated carbocycles. The topological polar surface area (TPSA) is 50.4 Å². The number of hydrogen-bond acceptors (Lipinski definition) is 3. The Hall–Kier alpha value is -1.65. The summed E-state index contributed by atoms with van der Waals surface area (Å²) in [4.78, 5) is 11.6. The number of nitrogens with one attached hydrogen (secondary N) is 2. The van der Waals surface area contributed by atoms with E-state index in [2.05, 4.69) is 10.6 Å². The van der Waals surface area contributed by atoms with E-state index in [0.29, 0.717) is 12.2 Å². The number of benzene rings is 1. The number of ether oxygens (including phenoxy) is 1. The molecule has 84 valence electrons. The first-order valence-electron chi connectivity index (χ1n) is 5.36. The number of fused-ring (bicyclic) bond motifs is 1. The van der Waals surface area contributed by atoms with Crippen molar-refractivity contribution in [1.29, 1.82) is 0 Å². The van der Waals surface area contributed by atoms with Gasteiger partial charge in [-0.05, 0) is 13.0 Å². The molecule has 0 spiro atoms. The van der Waals surface area contributed by atoms with Crippen molar-refractivity contribution in [3.63, 3.8) is 0 Å². The zero-order valence-corrected chi connectivity index (χ0v) is 9.76. The molecule has 1 heterocycles. The monoisotopic (exact) mass is 218 g/mol. The molecule has 0 unspecified atom stereocenters. The van der Waals surface area contributed by atoms with Gasteiger partial charge in [0.15, 0.2) is 0 Å². The van der Waals surface area contributed by atoms with Gasteiger partial charge in [-0.1, -0.05) is 11.5 Å². The molecule has 0 fully saturated rings. The molecule has 16 heavy (non-hydrogen) atoms. The fraction of sp³-hybridized carbons (Fsp3) is 0.364. The number of hydrogen-bond donors (Lipinski definition) is 2. The summed E-state index contributed by atoms with van der Waals surface area (Å²) in [6.45, 7) is 1.99. The van der Waals surface area contributed by atoms with Crippen molar-refractivity contribution in [3.8, 4) is 5.75 Å². The molecular weight excluding hydrogens is 203 g/mol. The van der Waals surface area contributed by atoms with E-state index in [9.17, 15) is 4.79 Å².